The van der Waals surface area contributed by atoms with Gasteiger partial charge in [0.2, 0.25) is 11.6 Å². The van der Waals surface area contributed by atoms with Crippen LogP contribution in [0.3, 0.4) is 0 Å². The molecule has 0 unspecified atom stereocenters. The summed E-state index contributed by atoms with van der Waals surface area (Å²) in [5.41, 5.74) is 1.11. The lowest BCUT2D eigenvalue weighted by Gasteiger charge is -2.24. The first-order valence-corrected chi connectivity index (χ1v) is 10.3. The lowest BCUT2D eigenvalue weighted by molar-refractivity contribution is -0.383. The molecule has 168 valence electrons. The zero-order valence-electron chi connectivity index (χ0n) is 18.5. The van der Waals surface area contributed by atoms with Crippen molar-refractivity contribution in [2.45, 2.75) is 6.92 Å². The van der Waals surface area contributed by atoms with Crippen LogP contribution in [0.25, 0.3) is 10.8 Å². The van der Waals surface area contributed by atoms with Crippen molar-refractivity contribution in [3.63, 3.8) is 0 Å². The van der Waals surface area contributed by atoms with E-state index in [4.69, 9.17) is 9.47 Å². The maximum atomic E-state index is 12.2. The van der Waals surface area contributed by atoms with Crippen molar-refractivity contribution in [1.82, 2.24) is 9.97 Å². The third kappa shape index (κ3) is 4.20. The maximum Gasteiger partial charge on any atom is 0.354 e. The molecular weight excluding hydrogens is 422 g/mol. The summed E-state index contributed by atoms with van der Waals surface area (Å²) in [4.78, 5) is 22.0. The molecule has 0 aliphatic heterocycles. The normalized spacial score (nSPS) is 10.6. The molecule has 0 fully saturated rings. The van der Waals surface area contributed by atoms with Crippen molar-refractivity contribution >= 4 is 39.5 Å². The minimum Gasteiger partial charge on any atom is -0.497 e. The van der Waals surface area contributed by atoms with Gasteiger partial charge in [-0.05, 0) is 30.5 Å². The first kappa shape index (κ1) is 21.8. The molecule has 0 amide bonds. The monoisotopic (exact) mass is 445 g/mol. The van der Waals surface area contributed by atoms with Gasteiger partial charge in [0.15, 0.2) is 0 Å². The number of fused-ring (bicyclic) bond motifs is 1. The SMILES string of the molecule is CCN(c1ncnc(Nc2ccc(OC)cc2OC)c1[N+](=O)[O-])c1cccc2ccccc12. The van der Waals surface area contributed by atoms with Crippen molar-refractivity contribution in [3.8, 4) is 11.5 Å². The van der Waals surface area contributed by atoms with Crippen LogP contribution in [0, 0.1) is 10.1 Å². The number of nitrogens with one attached hydrogen (secondary N) is 1. The predicted molar refractivity (Wildman–Crippen MR) is 128 cm³/mol. The van der Waals surface area contributed by atoms with E-state index in [1.807, 2.05) is 54.3 Å². The van der Waals surface area contributed by atoms with Crippen LogP contribution < -0.4 is 19.7 Å². The smallest absolute Gasteiger partial charge is 0.354 e. The predicted octanol–water partition coefficient (Wildman–Crippen LogP) is 5.46. The molecule has 1 heterocycles. The van der Waals surface area contributed by atoms with Crippen LogP contribution in [0.5, 0.6) is 11.5 Å². The number of hydrogen-bond donors (Lipinski definition) is 1. The Morgan fingerprint density at radius 1 is 1.03 bits per heavy atom. The number of anilines is 4. The highest BCUT2D eigenvalue weighted by Gasteiger charge is 2.28. The minimum absolute atomic E-state index is 0.0622. The number of nitrogens with zero attached hydrogens (tertiary/aromatic N) is 4. The van der Waals surface area contributed by atoms with Crippen LogP contribution in [-0.4, -0.2) is 35.7 Å². The highest BCUT2D eigenvalue weighted by molar-refractivity contribution is 5.97. The summed E-state index contributed by atoms with van der Waals surface area (Å²) in [5.74, 6) is 1.32. The fourth-order valence-electron chi connectivity index (χ4n) is 3.73. The molecular formula is C24H23N5O4. The third-order valence-electron chi connectivity index (χ3n) is 5.28. The number of rotatable bonds is 8. The fourth-order valence-corrected chi connectivity index (χ4v) is 3.73. The van der Waals surface area contributed by atoms with Gasteiger partial charge in [-0.3, -0.25) is 10.1 Å². The Morgan fingerprint density at radius 2 is 1.82 bits per heavy atom. The molecule has 0 saturated heterocycles. The lowest BCUT2D eigenvalue weighted by Crippen LogP contribution is -2.20. The largest absolute Gasteiger partial charge is 0.497 e. The lowest BCUT2D eigenvalue weighted by atomic mass is 10.1. The van der Waals surface area contributed by atoms with Gasteiger partial charge in [-0.15, -0.1) is 0 Å². The van der Waals surface area contributed by atoms with E-state index in [1.165, 1.54) is 13.4 Å². The van der Waals surface area contributed by atoms with Crippen LogP contribution in [0.2, 0.25) is 0 Å². The van der Waals surface area contributed by atoms with Crippen molar-refractivity contribution < 1.29 is 14.4 Å². The summed E-state index contributed by atoms with van der Waals surface area (Å²) >= 11 is 0. The average molecular weight is 445 g/mol. The quantitative estimate of drug-likeness (QED) is 0.282. The van der Waals surface area contributed by atoms with Crippen LogP contribution in [0.15, 0.2) is 67.0 Å². The molecule has 0 aliphatic carbocycles. The van der Waals surface area contributed by atoms with E-state index in [0.717, 1.165) is 16.5 Å². The van der Waals surface area contributed by atoms with Crippen LogP contribution in [-0.2, 0) is 0 Å². The van der Waals surface area contributed by atoms with E-state index in [0.29, 0.717) is 23.7 Å². The average Bonchev–Trinajstić information content (AvgIpc) is 2.85. The van der Waals surface area contributed by atoms with Crippen molar-refractivity contribution in [3.05, 3.63) is 77.1 Å². The Hall–Kier alpha value is -4.40. The zero-order chi connectivity index (χ0) is 23.4. The van der Waals surface area contributed by atoms with Gasteiger partial charge in [-0.2, -0.15) is 0 Å². The number of nitro groups is 1. The molecule has 0 spiro atoms. The molecule has 0 radical (unpaired) electrons. The van der Waals surface area contributed by atoms with Gasteiger partial charge in [-0.1, -0.05) is 36.4 Å². The molecule has 4 rings (SSSR count). The number of hydrogen-bond acceptors (Lipinski definition) is 8. The van der Waals surface area contributed by atoms with Gasteiger partial charge in [-0.25, -0.2) is 9.97 Å². The zero-order valence-corrected chi connectivity index (χ0v) is 18.5. The van der Waals surface area contributed by atoms with Gasteiger partial charge in [0.1, 0.15) is 17.8 Å². The molecule has 4 aromatic rings. The highest BCUT2D eigenvalue weighted by atomic mass is 16.6. The Bertz CT molecular complexity index is 1310. The Kier molecular flexibility index (Phi) is 6.21. The molecule has 1 aromatic heterocycles. The second-order valence-corrected chi connectivity index (χ2v) is 7.09. The first-order chi connectivity index (χ1) is 16.1. The summed E-state index contributed by atoms with van der Waals surface area (Å²) < 4.78 is 10.6. The summed E-state index contributed by atoms with van der Waals surface area (Å²) in [7, 11) is 3.06. The third-order valence-corrected chi connectivity index (χ3v) is 5.28. The number of aromatic nitrogens is 2. The topological polar surface area (TPSA) is 103 Å². The Morgan fingerprint density at radius 3 is 2.55 bits per heavy atom. The summed E-state index contributed by atoms with van der Waals surface area (Å²) in [6.07, 6.45) is 1.31. The highest BCUT2D eigenvalue weighted by Crippen LogP contribution is 2.40. The van der Waals surface area contributed by atoms with Crippen LogP contribution in [0.4, 0.5) is 28.7 Å². The van der Waals surface area contributed by atoms with Crippen molar-refractivity contribution in [1.29, 1.82) is 0 Å². The van der Waals surface area contributed by atoms with Gasteiger partial charge in [0, 0.05) is 18.0 Å². The molecule has 0 atom stereocenters. The van der Waals surface area contributed by atoms with E-state index >= 15 is 0 Å². The van der Waals surface area contributed by atoms with E-state index < -0.39 is 4.92 Å². The van der Waals surface area contributed by atoms with Crippen molar-refractivity contribution in [2.24, 2.45) is 0 Å². The van der Waals surface area contributed by atoms with Gasteiger partial charge >= 0.3 is 5.69 Å². The fraction of sp³-hybridized carbons (Fsp3) is 0.167. The van der Waals surface area contributed by atoms with Gasteiger partial charge in [0.25, 0.3) is 0 Å². The molecule has 3 aromatic carbocycles. The van der Waals surface area contributed by atoms with Gasteiger partial charge in [0.05, 0.1) is 30.5 Å². The summed E-state index contributed by atoms with van der Waals surface area (Å²) in [6.45, 7) is 2.39. The Balaban J connectivity index is 1.84. The minimum atomic E-state index is -0.471. The Labute approximate surface area is 190 Å². The van der Waals surface area contributed by atoms with Crippen LogP contribution in [0.1, 0.15) is 6.92 Å². The van der Waals surface area contributed by atoms with Crippen molar-refractivity contribution in [2.75, 3.05) is 31.0 Å². The number of benzene rings is 3. The molecule has 0 bridgehead atoms. The molecule has 9 nitrogen and oxygen atoms in total. The molecule has 9 heteroatoms. The van der Waals surface area contributed by atoms with E-state index in [9.17, 15) is 10.1 Å². The first-order valence-electron chi connectivity index (χ1n) is 10.3. The van der Waals surface area contributed by atoms with E-state index in [-0.39, 0.29) is 17.3 Å². The van der Waals surface area contributed by atoms with E-state index in [1.54, 1.807) is 25.3 Å². The van der Waals surface area contributed by atoms with Crippen LogP contribution >= 0.6 is 0 Å². The number of methoxy groups -OCH3 is 2. The second-order valence-electron chi connectivity index (χ2n) is 7.09. The molecule has 33 heavy (non-hydrogen) atoms. The standard InChI is InChI=1S/C24H23N5O4/c1-4-28(20-11-7-9-16-8-5-6-10-18(16)20)24-22(29(30)31)23(25-15-26-24)27-19-13-12-17(32-2)14-21(19)33-3/h5-15H,4H2,1-3H3,(H,25,26,27). The molecule has 0 aliphatic rings. The molecule has 1 N–H and O–H groups in total. The maximum absolute atomic E-state index is 12.2. The summed E-state index contributed by atoms with van der Waals surface area (Å²) in [6, 6.07) is 18.9. The summed E-state index contributed by atoms with van der Waals surface area (Å²) in [5, 5.41) is 17.3. The van der Waals surface area contributed by atoms with Gasteiger partial charge < -0.3 is 19.7 Å². The van der Waals surface area contributed by atoms with E-state index in [2.05, 4.69) is 15.3 Å². The second kappa shape index (κ2) is 9.39. The molecule has 0 saturated carbocycles. The number of ether oxygens (including phenoxy) is 2.